The molecule has 1 aromatic carbocycles. The average Bonchev–Trinajstić information content (AvgIpc) is 2.90. The Morgan fingerprint density at radius 3 is 2.74 bits per heavy atom. The van der Waals surface area contributed by atoms with Gasteiger partial charge in [-0.25, -0.2) is 0 Å². The highest BCUT2D eigenvalue weighted by molar-refractivity contribution is 7.09. The number of carbonyl (C=O) groups is 1. The summed E-state index contributed by atoms with van der Waals surface area (Å²) in [6.45, 7) is 1.42. The number of carboxylic acid groups (broad SMARTS) is 1. The van der Waals surface area contributed by atoms with Gasteiger partial charge in [-0.3, -0.25) is 9.69 Å². The summed E-state index contributed by atoms with van der Waals surface area (Å²) in [5.74, 6) is -0.731. The Kier molecular flexibility index (Phi) is 3.36. The van der Waals surface area contributed by atoms with Crippen molar-refractivity contribution in [3.63, 3.8) is 0 Å². The van der Waals surface area contributed by atoms with E-state index in [0.29, 0.717) is 19.5 Å². The Morgan fingerprint density at radius 1 is 1.26 bits per heavy atom. The van der Waals surface area contributed by atoms with E-state index in [9.17, 15) is 9.90 Å². The topological polar surface area (TPSA) is 40.5 Å². The number of rotatable bonds is 3. The van der Waals surface area contributed by atoms with E-state index in [2.05, 4.69) is 17.0 Å². The van der Waals surface area contributed by atoms with Crippen molar-refractivity contribution >= 4 is 17.3 Å². The highest BCUT2D eigenvalue weighted by atomic mass is 32.1. The first kappa shape index (κ1) is 12.4. The van der Waals surface area contributed by atoms with Gasteiger partial charge in [-0.05, 0) is 29.0 Å². The van der Waals surface area contributed by atoms with Gasteiger partial charge in [-0.15, -0.1) is 11.3 Å². The molecule has 1 aliphatic rings. The summed E-state index contributed by atoms with van der Waals surface area (Å²) in [4.78, 5) is 14.7. The van der Waals surface area contributed by atoms with E-state index in [4.69, 9.17) is 0 Å². The van der Waals surface area contributed by atoms with Crippen molar-refractivity contribution in [2.24, 2.45) is 0 Å². The number of nitrogens with zero attached hydrogens (tertiary/aromatic N) is 1. The minimum absolute atomic E-state index is 0.419. The standard InChI is InChI=1S/C15H15NO2S/c17-15(18)14-8-11-4-1-2-5-12(11)9-16(14)10-13-6-3-7-19-13/h1-7,14H,8-10H2,(H,17,18)/t14-/m0/s1. The van der Waals surface area contributed by atoms with Gasteiger partial charge in [-0.1, -0.05) is 30.3 Å². The second-order valence-corrected chi connectivity index (χ2v) is 5.84. The Morgan fingerprint density at radius 2 is 2.05 bits per heavy atom. The van der Waals surface area contributed by atoms with Crippen LogP contribution < -0.4 is 0 Å². The fourth-order valence-corrected chi connectivity index (χ4v) is 3.32. The van der Waals surface area contributed by atoms with Crippen molar-refractivity contribution in [3.8, 4) is 0 Å². The molecule has 1 atom stereocenters. The van der Waals surface area contributed by atoms with E-state index in [0.717, 1.165) is 5.56 Å². The molecule has 0 spiro atoms. The second kappa shape index (κ2) is 5.15. The molecular formula is C15H15NO2S. The number of thiophene rings is 1. The van der Waals surface area contributed by atoms with Crippen LogP contribution in [-0.2, 0) is 24.3 Å². The maximum absolute atomic E-state index is 11.5. The van der Waals surface area contributed by atoms with Gasteiger partial charge >= 0.3 is 5.97 Å². The average molecular weight is 273 g/mol. The summed E-state index contributed by atoms with van der Waals surface area (Å²) < 4.78 is 0. The fraction of sp³-hybridized carbons (Fsp3) is 0.267. The Bertz CT molecular complexity index is 580. The third-order valence-electron chi connectivity index (χ3n) is 3.57. The molecule has 1 aliphatic heterocycles. The quantitative estimate of drug-likeness (QED) is 0.935. The van der Waals surface area contributed by atoms with Crippen LogP contribution in [0.2, 0.25) is 0 Å². The Balaban J connectivity index is 1.87. The summed E-state index contributed by atoms with van der Waals surface area (Å²) in [6.07, 6.45) is 0.594. The Labute approximate surface area is 116 Å². The van der Waals surface area contributed by atoms with Crippen molar-refractivity contribution in [2.45, 2.75) is 25.6 Å². The molecule has 4 heteroatoms. The molecule has 0 amide bonds. The minimum atomic E-state index is -0.731. The van der Waals surface area contributed by atoms with E-state index in [1.165, 1.54) is 10.4 Å². The van der Waals surface area contributed by atoms with Crippen molar-refractivity contribution in [1.82, 2.24) is 4.90 Å². The van der Waals surface area contributed by atoms with Crippen LogP contribution in [0, 0.1) is 0 Å². The number of benzene rings is 1. The monoisotopic (exact) mass is 273 g/mol. The highest BCUT2D eigenvalue weighted by Gasteiger charge is 2.31. The zero-order chi connectivity index (χ0) is 13.2. The van der Waals surface area contributed by atoms with Gasteiger partial charge in [0.05, 0.1) is 0 Å². The predicted octanol–water partition coefficient (Wildman–Crippen LogP) is 2.76. The molecule has 1 N–H and O–H groups in total. The lowest BCUT2D eigenvalue weighted by Crippen LogP contribution is -2.44. The number of carboxylic acids is 1. The number of hydrogen-bond acceptors (Lipinski definition) is 3. The van der Waals surface area contributed by atoms with E-state index >= 15 is 0 Å². The SMILES string of the molecule is O=C(O)[C@@H]1Cc2ccccc2CN1Cc1cccs1. The molecule has 3 nitrogen and oxygen atoms in total. The van der Waals surface area contributed by atoms with Crippen LogP contribution in [0.5, 0.6) is 0 Å². The minimum Gasteiger partial charge on any atom is -0.480 e. The van der Waals surface area contributed by atoms with E-state index in [-0.39, 0.29) is 0 Å². The number of fused-ring (bicyclic) bond motifs is 1. The Hall–Kier alpha value is -1.65. The van der Waals surface area contributed by atoms with Gasteiger partial charge in [-0.2, -0.15) is 0 Å². The van der Waals surface area contributed by atoms with Crippen LogP contribution in [0.25, 0.3) is 0 Å². The summed E-state index contributed by atoms with van der Waals surface area (Å²) in [5, 5.41) is 11.5. The first-order valence-corrected chi connectivity index (χ1v) is 7.18. The lowest BCUT2D eigenvalue weighted by atomic mass is 9.94. The van der Waals surface area contributed by atoms with Crippen LogP contribution in [0.4, 0.5) is 0 Å². The highest BCUT2D eigenvalue weighted by Crippen LogP contribution is 2.26. The summed E-state index contributed by atoms with van der Waals surface area (Å²) in [7, 11) is 0. The molecule has 0 saturated carbocycles. The number of aliphatic carboxylic acids is 1. The van der Waals surface area contributed by atoms with Gasteiger partial charge in [0.1, 0.15) is 6.04 Å². The zero-order valence-electron chi connectivity index (χ0n) is 10.5. The van der Waals surface area contributed by atoms with Gasteiger partial charge < -0.3 is 5.11 Å². The fourth-order valence-electron chi connectivity index (χ4n) is 2.59. The molecule has 19 heavy (non-hydrogen) atoms. The molecule has 0 unspecified atom stereocenters. The second-order valence-electron chi connectivity index (χ2n) is 4.81. The van der Waals surface area contributed by atoms with Crippen LogP contribution in [0.3, 0.4) is 0 Å². The molecule has 98 valence electrons. The maximum Gasteiger partial charge on any atom is 0.321 e. The molecule has 3 rings (SSSR count). The molecule has 2 aromatic rings. The van der Waals surface area contributed by atoms with Crippen molar-refractivity contribution in [3.05, 3.63) is 57.8 Å². The van der Waals surface area contributed by atoms with Gasteiger partial charge in [0.15, 0.2) is 0 Å². The van der Waals surface area contributed by atoms with Crippen molar-refractivity contribution < 1.29 is 9.90 Å². The van der Waals surface area contributed by atoms with Gasteiger partial charge in [0.2, 0.25) is 0 Å². The van der Waals surface area contributed by atoms with Crippen LogP contribution >= 0.6 is 11.3 Å². The van der Waals surface area contributed by atoms with E-state index in [1.54, 1.807) is 11.3 Å². The van der Waals surface area contributed by atoms with E-state index in [1.807, 2.05) is 29.6 Å². The molecule has 0 aliphatic carbocycles. The predicted molar refractivity (Wildman–Crippen MR) is 75.1 cm³/mol. The summed E-state index contributed by atoms with van der Waals surface area (Å²) in [5.41, 5.74) is 2.41. The normalized spacial score (nSPS) is 19.1. The summed E-state index contributed by atoms with van der Waals surface area (Å²) >= 11 is 1.68. The number of hydrogen-bond donors (Lipinski definition) is 1. The molecule has 2 heterocycles. The third kappa shape index (κ3) is 2.55. The first-order chi connectivity index (χ1) is 9.24. The molecule has 0 saturated heterocycles. The summed E-state index contributed by atoms with van der Waals surface area (Å²) in [6, 6.07) is 11.8. The van der Waals surface area contributed by atoms with Gasteiger partial charge in [0, 0.05) is 18.0 Å². The molecule has 0 fully saturated rings. The van der Waals surface area contributed by atoms with E-state index < -0.39 is 12.0 Å². The molecule has 1 aromatic heterocycles. The van der Waals surface area contributed by atoms with Gasteiger partial charge in [0.25, 0.3) is 0 Å². The molecule has 0 bridgehead atoms. The van der Waals surface area contributed by atoms with Crippen LogP contribution in [0.1, 0.15) is 16.0 Å². The third-order valence-corrected chi connectivity index (χ3v) is 4.43. The largest absolute Gasteiger partial charge is 0.480 e. The van der Waals surface area contributed by atoms with Crippen LogP contribution in [0.15, 0.2) is 41.8 Å². The smallest absolute Gasteiger partial charge is 0.321 e. The molecule has 0 radical (unpaired) electrons. The van der Waals surface area contributed by atoms with Crippen LogP contribution in [-0.4, -0.2) is 22.0 Å². The lowest BCUT2D eigenvalue weighted by Gasteiger charge is -2.34. The van der Waals surface area contributed by atoms with Crippen molar-refractivity contribution in [2.75, 3.05) is 0 Å². The van der Waals surface area contributed by atoms with Crippen molar-refractivity contribution in [1.29, 1.82) is 0 Å². The maximum atomic E-state index is 11.5. The first-order valence-electron chi connectivity index (χ1n) is 6.30. The molecular weight excluding hydrogens is 258 g/mol. The zero-order valence-corrected chi connectivity index (χ0v) is 11.3. The lowest BCUT2D eigenvalue weighted by molar-refractivity contribution is -0.144.